The monoisotopic (exact) mass is 694 g/mol. The quantitative estimate of drug-likeness (QED) is 0.163. The number of aryl methyl sites for hydroxylation is 4. The van der Waals surface area contributed by atoms with Gasteiger partial charge in [-0.05, 0) is 94.8 Å². The first-order valence-corrected chi connectivity index (χ1v) is 18.3. The van der Waals surface area contributed by atoms with Gasteiger partial charge in [0.25, 0.3) is 0 Å². The lowest BCUT2D eigenvalue weighted by atomic mass is 9.84. The van der Waals surface area contributed by atoms with Gasteiger partial charge in [-0.3, -0.25) is 0 Å². The first-order chi connectivity index (χ1) is 26.4. The van der Waals surface area contributed by atoms with Gasteiger partial charge in [-0.1, -0.05) is 144 Å². The summed E-state index contributed by atoms with van der Waals surface area (Å²) in [6, 6.07) is 47.8. The average molecular weight is 695 g/mol. The molecule has 9 aromatic rings. The molecule has 4 nitrogen and oxygen atoms in total. The third-order valence-corrected chi connectivity index (χ3v) is 10.2. The second-order valence-electron chi connectivity index (χ2n) is 14.3. The van der Waals surface area contributed by atoms with Gasteiger partial charge in [0.1, 0.15) is 0 Å². The number of aromatic nitrogens is 4. The lowest BCUT2D eigenvalue weighted by Gasteiger charge is -2.19. The van der Waals surface area contributed by atoms with E-state index in [-0.39, 0.29) is 0 Å². The van der Waals surface area contributed by atoms with Gasteiger partial charge >= 0.3 is 0 Å². The molecule has 4 heteroatoms. The van der Waals surface area contributed by atoms with Gasteiger partial charge < -0.3 is 0 Å². The van der Waals surface area contributed by atoms with Crippen LogP contribution in [0, 0.1) is 27.7 Å². The predicted molar refractivity (Wildman–Crippen MR) is 224 cm³/mol. The van der Waals surface area contributed by atoms with Crippen molar-refractivity contribution in [3.05, 3.63) is 181 Å². The Hall–Kier alpha value is -6.78. The van der Waals surface area contributed by atoms with Crippen molar-refractivity contribution < 1.29 is 0 Å². The van der Waals surface area contributed by atoms with E-state index in [0.29, 0.717) is 11.6 Å². The van der Waals surface area contributed by atoms with Gasteiger partial charge in [0.05, 0.1) is 0 Å². The lowest BCUT2D eigenvalue weighted by molar-refractivity contribution is 1.18. The number of hydrogen-bond acceptors (Lipinski definition) is 4. The minimum atomic E-state index is 0.696. The molecule has 0 unspecified atom stereocenters. The van der Waals surface area contributed by atoms with Crippen LogP contribution in [-0.4, -0.2) is 19.9 Å². The molecule has 258 valence electrons. The van der Waals surface area contributed by atoms with E-state index in [2.05, 4.69) is 161 Å². The fourth-order valence-electron chi connectivity index (χ4n) is 7.87. The van der Waals surface area contributed by atoms with E-state index in [1.54, 1.807) is 0 Å². The topological polar surface area (TPSA) is 51.6 Å². The van der Waals surface area contributed by atoms with E-state index in [1.807, 2.05) is 24.8 Å². The zero-order valence-electron chi connectivity index (χ0n) is 30.8. The Morgan fingerprint density at radius 1 is 0.278 bits per heavy atom. The fraction of sp³-hybridized carbons (Fsp3) is 0.0800. The summed E-state index contributed by atoms with van der Waals surface area (Å²) in [4.78, 5) is 19.6. The summed E-state index contributed by atoms with van der Waals surface area (Å²) >= 11 is 0. The van der Waals surface area contributed by atoms with Crippen LogP contribution in [0.3, 0.4) is 0 Å². The molecule has 7 aromatic carbocycles. The summed E-state index contributed by atoms with van der Waals surface area (Å²) in [6.45, 7) is 8.49. The molecule has 2 heterocycles. The van der Waals surface area contributed by atoms with Gasteiger partial charge in [0.2, 0.25) is 0 Å². The Kier molecular flexibility index (Phi) is 8.36. The summed E-state index contributed by atoms with van der Waals surface area (Å²) in [6.07, 6.45) is 7.75. The molecule has 9 rings (SSSR count). The number of fused-ring (bicyclic) bond motifs is 2. The average Bonchev–Trinajstić information content (AvgIpc) is 3.19. The summed E-state index contributed by atoms with van der Waals surface area (Å²) in [5.41, 5.74) is 15.8. The van der Waals surface area contributed by atoms with Crippen molar-refractivity contribution in [1.29, 1.82) is 0 Å². The van der Waals surface area contributed by atoms with Gasteiger partial charge in [-0.15, -0.1) is 0 Å². The van der Waals surface area contributed by atoms with Gasteiger partial charge in [0, 0.05) is 47.0 Å². The smallest absolute Gasteiger partial charge is 0.159 e. The molecule has 0 saturated carbocycles. The molecular formula is C50H38N4. The highest BCUT2D eigenvalue weighted by Crippen LogP contribution is 2.45. The molecule has 0 fully saturated rings. The van der Waals surface area contributed by atoms with Crippen LogP contribution >= 0.6 is 0 Å². The fourth-order valence-corrected chi connectivity index (χ4v) is 7.87. The van der Waals surface area contributed by atoms with Crippen molar-refractivity contribution in [2.24, 2.45) is 0 Å². The molecule has 0 aliphatic carbocycles. The van der Waals surface area contributed by atoms with Crippen molar-refractivity contribution in [1.82, 2.24) is 19.9 Å². The second kappa shape index (κ2) is 13.6. The number of hydrogen-bond donors (Lipinski definition) is 0. The van der Waals surface area contributed by atoms with Crippen molar-refractivity contribution >= 4 is 21.5 Å². The highest BCUT2D eigenvalue weighted by Gasteiger charge is 2.19. The Labute approximate surface area is 315 Å². The van der Waals surface area contributed by atoms with Crippen LogP contribution in [0.1, 0.15) is 22.3 Å². The maximum atomic E-state index is 4.89. The zero-order chi connectivity index (χ0) is 36.8. The predicted octanol–water partition coefficient (Wildman–Crippen LogP) is 12.8. The Bertz CT molecular complexity index is 2590. The molecule has 54 heavy (non-hydrogen) atoms. The van der Waals surface area contributed by atoms with E-state index in [4.69, 9.17) is 19.9 Å². The highest BCUT2D eigenvalue weighted by atomic mass is 14.9. The maximum absolute atomic E-state index is 4.89. The van der Waals surface area contributed by atoms with Crippen LogP contribution in [0.15, 0.2) is 158 Å². The minimum absolute atomic E-state index is 0.696. The maximum Gasteiger partial charge on any atom is 0.159 e. The standard InChI is InChI=1S/C50H38N4/c1-31-19-32(2)22-39(21-31)41-27-51-49(52-28-41)37-15-17-43-45(25-37)47(35-11-7-5-8-12-35)44-18-16-38(26-46(44)48(43)36-13-9-6-10-14-36)50-53-29-42(30-54-50)40-23-33(3)20-34(4)24-40/h5-30H,1-4H3. The normalized spacial score (nSPS) is 11.3. The van der Waals surface area contributed by atoms with Gasteiger partial charge in [0.15, 0.2) is 11.6 Å². The van der Waals surface area contributed by atoms with Crippen LogP contribution in [0.4, 0.5) is 0 Å². The third-order valence-electron chi connectivity index (χ3n) is 10.2. The van der Waals surface area contributed by atoms with E-state index in [0.717, 1.165) is 66.1 Å². The molecule has 0 atom stereocenters. The molecule has 0 aliphatic heterocycles. The van der Waals surface area contributed by atoms with Gasteiger partial charge in [-0.25, -0.2) is 19.9 Å². The molecular weight excluding hydrogens is 657 g/mol. The minimum Gasteiger partial charge on any atom is -0.236 e. The number of rotatable bonds is 6. The second-order valence-corrected chi connectivity index (χ2v) is 14.3. The summed E-state index contributed by atoms with van der Waals surface area (Å²) in [5.74, 6) is 1.39. The Balaban J connectivity index is 1.23. The van der Waals surface area contributed by atoms with Crippen molar-refractivity contribution in [3.63, 3.8) is 0 Å². The molecule has 0 saturated heterocycles. The Morgan fingerprint density at radius 3 is 0.981 bits per heavy atom. The number of nitrogens with zero attached hydrogens (tertiary/aromatic N) is 4. The molecule has 2 aromatic heterocycles. The van der Waals surface area contributed by atoms with E-state index >= 15 is 0 Å². The SMILES string of the molecule is Cc1cc(C)cc(-c2cnc(-c3ccc4c(-c5ccccc5)c5cc(-c6ncc(-c7cc(C)cc(C)c7)cn6)ccc5c(-c5ccccc5)c4c3)nc2)c1. The van der Waals surface area contributed by atoms with Crippen molar-refractivity contribution in [2.75, 3.05) is 0 Å². The first kappa shape index (κ1) is 33.1. The zero-order valence-corrected chi connectivity index (χ0v) is 30.8. The molecule has 0 N–H and O–H groups in total. The molecule has 0 bridgehead atoms. The summed E-state index contributed by atoms with van der Waals surface area (Å²) in [7, 11) is 0. The largest absolute Gasteiger partial charge is 0.236 e. The van der Waals surface area contributed by atoms with Crippen LogP contribution < -0.4 is 0 Å². The lowest BCUT2D eigenvalue weighted by Crippen LogP contribution is -1.95. The summed E-state index contributed by atoms with van der Waals surface area (Å²) in [5, 5.41) is 4.61. The van der Waals surface area contributed by atoms with Crippen LogP contribution in [0.2, 0.25) is 0 Å². The van der Waals surface area contributed by atoms with Crippen LogP contribution in [-0.2, 0) is 0 Å². The van der Waals surface area contributed by atoms with Crippen LogP contribution in [0.25, 0.3) is 88.8 Å². The molecule has 0 aliphatic rings. The number of benzene rings is 7. The van der Waals surface area contributed by atoms with E-state index in [1.165, 1.54) is 33.4 Å². The van der Waals surface area contributed by atoms with Crippen molar-refractivity contribution in [2.45, 2.75) is 27.7 Å². The highest BCUT2D eigenvalue weighted by molar-refractivity contribution is 6.22. The van der Waals surface area contributed by atoms with E-state index < -0.39 is 0 Å². The van der Waals surface area contributed by atoms with E-state index in [9.17, 15) is 0 Å². The van der Waals surface area contributed by atoms with Crippen LogP contribution in [0.5, 0.6) is 0 Å². The summed E-state index contributed by atoms with van der Waals surface area (Å²) < 4.78 is 0. The molecule has 0 spiro atoms. The third kappa shape index (κ3) is 6.22. The van der Waals surface area contributed by atoms with Gasteiger partial charge in [-0.2, -0.15) is 0 Å². The van der Waals surface area contributed by atoms with Crippen molar-refractivity contribution in [3.8, 4) is 67.3 Å². The molecule has 0 radical (unpaired) electrons. The molecule has 0 amide bonds. The Morgan fingerprint density at radius 2 is 0.630 bits per heavy atom. The first-order valence-electron chi connectivity index (χ1n) is 18.3.